The lowest BCUT2D eigenvalue weighted by atomic mass is 9.75. The summed E-state index contributed by atoms with van der Waals surface area (Å²) in [5.74, 6) is -0.902. The highest BCUT2D eigenvalue weighted by Crippen LogP contribution is 2.49. The zero-order valence-corrected chi connectivity index (χ0v) is 12.6. The van der Waals surface area contributed by atoms with Gasteiger partial charge in [-0.05, 0) is 39.4 Å². The number of hydrogen-bond acceptors (Lipinski definition) is 4. The summed E-state index contributed by atoms with van der Waals surface area (Å²) in [6, 6.07) is 0. The van der Waals surface area contributed by atoms with Gasteiger partial charge in [0.2, 0.25) is 0 Å². The number of fused-ring (bicyclic) bond motifs is 1. The van der Waals surface area contributed by atoms with Gasteiger partial charge >= 0.3 is 5.97 Å². The molecule has 2 rings (SSSR count). The van der Waals surface area contributed by atoms with Crippen LogP contribution in [0.15, 0.2) is 11.6 Å². The molecule has 102 valence electrons. The maximum absolute atomic E-state index is 11.9. The topological polar surface area (TPSA) is 44.8 Å². The predicted octanol–water partition coefficient (Wildman–Crippen LogP) is 2.46. The molecular formula is C13H22O4Si. The van der Waals surface area contributed by atoms with Crippen molar-refractivity contribution >= 4 is 14.3 Å². The molecule has 2 atom stereocenters. The van der Waals surface area contributed by atoms with Crippen LogP contribution in [-0.4, -0.2) is 33.3 Å². The quantitative estimate of drug-likeness (QED) is 0.581. The summed E-state index contributed by atoms with van der Waals surface area (Å²) < 4.78 is 17.1. The Morgan fingerprint density at radius 3 is 2.83 bits per heavy atom. The van der Waals surface area contributed by atoms with E-state index < -0.39 is 14.1 Å². The molecule has 18 heavy (non-hydrogen) atoms. The zero-order valence-electron chi connectivity index (χ0n) is 11.6. The van der Waals surface area contributed by atoms with E-state index in [2.05, 4.69) is 19.6 Å². The van der Waals surface area contributed by atoms with E-state index in [1.165, 1.54) is 0 Å². The van der Waals surface area contributed by atoms with Crippen molar-refractivity contribution in [3.8, 4) is 0 Å². The van der Waals surface area contributed by atoms with Crippen molar-refractivity contribution in [2.45, 2.75) is 45.2 Å². The summed E-state index contributed by atoms with van der Waals surface area (Å²) in [5, 5.41) is 0. The van der Waals surface area contributed by atoms with Gasteiger partial charge in [-0.25, -0.2) is 4.79 Å². The van der Waals surface area contributed by atoms with Crippen molar-refractivity contribution in [1.82, 2.24) is 0 Å². The molecule has 0 saturated carbocycles. The lowest BCUT2D eigenvalue weighted by Gasteiger charge is -2.51. The van der Waals surface area contributed by atoms with Crippen molar-refractivity contribution in [2.24, 2.45) is 5.92 Å². The number of hydrogen-bond donors (Lipinski definition) is 0. The first-order chi connectivity index (χ1) is 8.39. The molecule has 1 aliphatic carbocycles. The van der Waals surface area contributed by atoms with Gasteiger partial charge in [-0.2, -0.15) is 0 Å². The number of carbonyl (C=O) groups is 1. The Morgan fingerprint density at radius 1 is 1.56 bits per heavy atom. The van der Waals surface area contributed by atoms with Crippen molar-refractivity contribution in [3.05, 3.63) is 11.6 Å². The minimum Gasteiger partial charge on any atom is -0.462 e. The van der Waals surface area contributed by atoms with E-state index in [0.717, 1.165) is 12.8 Å². The van der Waals surface area contributed by atoms with Gasteiger partial charge in [0.1, 0.15) is 0 Å². The first-order valence-electron chi connectivity index (χ1n) is 6.62. The molecule has 0 spiro atoms. The van der Waals surface area contributed by atoms with Crippen LogP contribution in [0.3, 0.4) is 0 Å². The van der Waals surface area contributed by atoms with Crippen LogP contribution in [0.2, 0.25) is 19.6 Å². The molecule has 1 fully saturated rings. The van der Waals surface area contributed by atoms with Gasteiger partial charge in [-0.15, -0.1) is 0 Å². The van der Waals surface area contributed by atoms with Gasteiger partial charge in [0, 0.05) is 5.92 Å². The van der Waals surface area contributed by atoms with Crippen LogP contribution in [0.4, 0.5) is 0 Å². The Labute approximate surface area is 109 Å². The van der Waals surface area contributed by atoms with Crippen LogP contribution in [-0.2, 0) is 18.7 Å². The van der Waals surface area contributed by atoms with E-state index in [9.17, 15) is 4.79 Å². The Kier molecular flexibility index (Phi) is 3.67. The third-order valence-electron chi connectivity index (χ3n) is 3.16. The number of rotatable bonds is 4. The molecule has 2 aliphatic rings. The summed E-state index contributed by atoms with van der Waals surface area (Å²) in [5.41, 5.74) is 0.566. The number of esters is 1. The van der Waals surface area contributed by atoms with Crippen molar-refractivity contribution in [1.29, 1.82) is 0 Å². The normalized spacial score (nSPS) is 31.1. The molecule has 1 saturated heterocycles. The molecule has 0 aromatic rings. The maximum atomic E-state index is 11.9. The van der Waals surface area contributed by atoms with Crippen molar-refractivity contribution in [3.63, 3.8) is 0 Å². The third-order valence-corrected chi connectivity index (χ3v) is 4.08. The summed E-state index contributed by atoms with van der Waals surface area (Å²) in [6.07, 6.45) is 4.00. The fourth-order valence-electron chi connectivity index (χ4n) is 2.55. The molecular weight excluding hydrogens is 248 g/mol. The standard InChI is InChI=1S/C13H22O4Si/c1-5-15-12(14)11-9-10-7-6-8-16-13(10,11)17-18(2,3)4/h9-10H,5-8H2,1-4H3/t10-,13+/m0/s1. The highest BCUT2D eigenvalue weighted by molar-refractivity contribution is 6.69. The lowest BCUT2D eigenvalue weighted by molar-refractivity contribution is -0.226. The highest BCUT2D eigenvalue weighted by Gasteiger charge is 2.57. The van der Waals surface area contributed by atoms with Gasteiger partial charge in [0.05, 0.1) is 18.8 Å². The fourth-order valence-corrected chi connectivity index (χ4v) is 3.78. The van der Waals surface area contributed by atoms with Crippen LogP contribution >= 0.6 is 0 Å². The first kappa shape index (κ1) is 13.8. The first-order valence-corrected chi connectivity index (χ1v) is 10.0. The molecule has 0 aromatic heterocycles. The van der Waals surface area contributed by atoms with Crippen LogP contribution in [0.25, 0.3) is 0 Å². The van der Waals surface area contributed by atoms with Gasteiger partial charge < -0.3 is 13.9 Å². The molecule has 4 nitrogen and oxygen atoms in total. The highest BCUT2D eigenvalue weighted by atomic mass is 28.4. The van der Waals surface area contributed by atoms with Gasteiger partial charge in [-0.3, -0.25) is 0 Å². The molecule has 0 bridgehead atoms. The van der Waals surface area contributed by atoms with Crippen molar-refractivity contribution in [2.75, 3.05) is 13.2 Å². The summed E-state index contributed by atoms with van der Waals surface area (Å²) >= 11 is 0. The van der Waals surface area contributed by atoms with E-state index in [-0.39, 0.29) is 11.9 Å². The second-order valence-corrected chi connectivity index (χ2v) is 10.2. The van der Waals surface area contributed by atoms with E-state index in [4.69, 9.17) is 13.9 Å². The maximum Gasteiger partial charge on any atom is 0.339 e. The SMILES string of the molecule is CCOC(=O)C1=C[C@@H]2CCCO[C@]12O[Si](C)(C)C. The second kappa shape index (κ2) is 4.79. The van der Waals surface area contributed by atoms with Crippen LogP contribution in [0, 0.1) is 5.92 Å². The monoisotopic (exact) mass is 270 g/mol. The van der Waals surface area contributed by atoms with E-state index >= 15 is 0 Å². The molecule has 1 aliphatic heterocycles. The summed E-state index contributed by atoms with van der Waals surface area (Å²) in [7, 11) is -1.79. The number of carbonyl (C=O) groups excluding carboxylic acids is 1. The predicted molar refractivity (Wildman–Crippen MR) is 70.6 cm³/mol. The Morgan fingerprint density at radius 2 is 2.28 bits per heavy atom. The molecule has 5 heteroatoms. The van der Waals surface area contributed by atoms with Gasteiger partial charge in [0.15, 0.2) is 14.1 Å². The minimum atomic E-state index is -1.79. The second-order valence-electron chi connectivity index (χ2n) is 5.78. The average Bonchev–Trinajstić information content (AvgIpc) is 2.22. The fraction of sp³-hybridized carbons (Fsp3) is 0.769. The molecule has 0 N–H and O–H groups in total. The zero-order chi connectivity index (χ0) is 13.4. The summed E-state index contributed by atoms with van der Waals surface area (Å²) in [6.45, 7) is 9.16. The molecule has 0 amide bonds. The largest absolute Gasteiger partial charge is 0.462 e. The third kappa shape index (κ3) is 2.39. The van der Waals surface area contributed by atoms with Crippen LogP contribution < -0.4 is 0 Å². The van der Waals surface area contributed by atoms with E-state index in [1.54, 1.807) is 0 Å². The molecule has 0 aromatic carbocycles. The van der Waals surface area contributed by atoms with Crippen LogP contribution in [0.1, 0.15) is 19.8 Å². The van der Waals surface area contributed by atoms with Crippen molar-refractivity contribution < 1.29 is 18.7 Å². The molecule has 0 radical (unpaired) electrons. The molecule has 0 unspecified atom stereocenters. The Balaban J connectivity index is 2.22. The Bertz CT molecular complexity index is 372. The van der Waals surface area contributed by atoms with E-state index in [0.29, 0.717) is 18.8 Å². The van der Waals surface area contributed by atoms with Crippen LogP contribution in [0.5, 0.6) is 0 Å². The number of ether oxygens (including phenoxy) is 2. The summed E-state index contributed by atoms with van der Waals surface area (Å²) in [4.78, 5) is 11.9. The smallest absolute Gasteiger partial charge is 0.339 e. The minimum absolute atomic E-state index is 0.206. The van der Waals surface area contributed by atoms with Gasteiger partial charge in [-0.1, -0.05) is 6.08 Å². The van der Waals surface area contributed by atoms with E-state index in [1.807, 2.05) is 13.0 Å². The lowest BCUT2D eigenvalue weighted by Crippen LogP contribution is -2.59. The van der Waals surface area contributed by atoms with Gasteiger partial charge in [0.25, 0.3) is 0 Å². The molecule has 1 heterocycles. The average molecular weight is 270 g/mol. The Hall–Kier alpha value is -0.653.